The van der Waals surface area contributed by atoms with Crippen molar-refractivity contribution in [2.24, 2.45) is 34.5 Å². The smallest absolute Gasteiger partial charge is 0.178 e. The number of rotatable bonds is 4. The lowest BCUT2D eigenvalue weighted by atomic mass is 9.46. The molecule has 0 radical (unpaired) electrons. The summed E-state index contributed by atoms with van der Waals surface area (Å²) < 4.78 is 0. The van der Waals surface area contributed by atoms with E-state index in [1.165, 1.54) is 22.9 Å². The number of aliphatic hydroxyl groups excluding tert-OH is 1. The zero-order chi connectivity index (χ0) is 27.2. The zero-order valence-corrected chi connectivity index (χ0v) is 23.7. The van der Waals surface area contributed by atoms with Crippen molar-refractivity contribution >= 4 is 34.4 Å². The van der Waals surface area contributed by atoms with Crippen LogP contribution in [0.25, 0.3) is 11.0 Å². The van der Waals surface area contributed by atoms with Gasteiger partial charge in [-0.05, 0) is 92.7 Å². The molecule has 3 saturated carbocycles. The Kier molecular flexibility index (Phi) is 5.92. The molecule has 4 aliphatic carbocycles. The van der Waals surface area contributed by atoms with Crippen LogP contribution in [-0.2, 0) is 9.59 Å². The minimum atomic E-state index is -1.51. The van der Waals surface area contributed by atoms with Gasteiger partial charge in [0.15, 0.2) is 16.7 Å². The minimum absolute atomic E-state index is 0.0211. The van der Waals surface area contributed by atoms with Gasteiger partial charge in [-0.25, -0.2) is 4.98 Å². The van der Waals surface area contributed by atoms with Crippen LogP contribution < -0.4 is 0 Å². The van der Waals surface area contributed by atoms with Crippen molar-refractivity contribution in [2.75, 3.05) is 5.75 Å². The van der Waals surface area contributed by atoms with Gasteiger partial charge in [-0.1, -0.05) is 44.2 Å². The Morgan fingerprint density at radius 1 is 1.24 bits per heavy atom. The minimum Gasteiger partial charge on any atom is -0.393 e. The standard InChI is InChI=1S/C31H38N2O4S/c1-16-10-23-24(11-17(16)2)33-28(32-23)38-15-26(36)31(37)18(3)12-22-21-7-6-19-13-20(34)8-9-29(19,4)27(21)25(35)14-30(22,31)5/h8-11,13,18,21-22,25,27,35,37H,6-7,12,14-15H2,1-5H3,(H,32,33)/t18-,21?,22?,25+,27?,29?,30?,31+/m1/s1. The fourth-order valence-corrected chi connectivity index (χ4v) is 9.64. The van der Waals surface area contributed by atoms with E-state index in [-0.39, 0.29) is 46.4 Å². The number of aryl methyl sites for hydroxylation is 2. The number of aromatic amines is 1. The van der Waals surface area contributed by atoms with Gasteiger partial charge in [-0.3, -0.25) is 9.59 Å². The van der Waals surface area contributed by atoms with Crippen LogP contribution in [0.4, 0.5) is 0 Å². The van der Waals surface area contributed by atoms with Crippen LogP contribution in [0.1, 0.15) is 57.6 Å². The highest BCUT2D eigenvalue weighted by Crippen LogP contribution is 2.68. The Morgan fingerprint density at radius 2 is 1.97 bits per heavy atom. The largest absolute Gasteiger partial charge is 0.393 e. The molecule has 38 heavy (non-hydrogen) atoms. The molecule has 1 aromatic carbocycles. The second kappa shape index (κ2) is 8.64. The number of nitrogens with one attached hydrogen (secondary N) is 1. The van der Waals surface area contributed by atoms with E-state index in [1.54, 1.807) is 12.2 Å². The maximum atomic E-state index is 13.9. The van der Waals surface area contributed by atoms with Crippen LogP contribution in [0.2, 0.25) is 0 Å². The van der Waals surface area contributed by atoms with Crippen LogP contribution in [0.3, 0.4) is 0 Å². The molecule has 6 nitrogen and oxygen atoms in total. The van der Waals surface area contributed by atoms with Crippen molar-refractivity contribution in [2.45, 2.75) is 77.2 Å². The summed E-state index contributed by atoms with van der Waals surface area (Å²) in [4.78, 5) is 33.9. The highest BCUT2D eigenvalue weighted by Gasteiger charge is 2.70. The van der Waals surface area contributed by atoms with Crippen molar-refractivity contribution < 1.29 is 19.8 Å². The van der Waals surface area contributed by atoms with E-state index < -0.39 is 17.1 Å². The van der Waals surface area contributed by atoms with Gasteiger partial charge in [0.2, 0.25) is 0 Å². The topological polar surface area (TPSA) is 103 Å². The third kappa shape index (κ3) is 3.50. The van der Waals surface area contributed by atoms with E-state index in [2.05, 4.69) is 36.8 Å². The van der Waals surface area contributed by atoms with Crippen molar-refractivity contribution in [3.05, 3.63) is 47.1 Å². The Morgan fingerprint density at radius 3 is 2.74 bits per heavy atom. The van der Waals surface area contributed by atoms with Crippen LogP contribution in [0, 0.1) is 48.3 Å². The Hall–Kier alpha value is -2.22. The monoisotopic (exact) mass is 534 g/mol. The van der Waals surface area contributed by atoms with Gasteiger partial charge in [0.05, 0.1) is 22.9 Å². The molecule has 6 rings (SSSR count). The number of fused-ring (bicyclic) bond motifs is 6. The van der Waals surface area contributed by atoms with E-state index >= 15 is 0 Å². The Bertz CT molecular complexity index is 1370. The lowest BCUT2D eigenvalue weighted by Gasteiger charge is -2.59. The average molecular weight is 535 g/mol. The van der Waals surface area contributed by atoms with Gasteiger partial charge in [-0.2, -0.15) is 0 Å². The molecule has 1 aromatic heterocycles. The third-order valence-electron chi connectivity index (χ3n) is 10.9. The number of Topliss-reactive ketones (excluding diaryl/α,β-unsaturated/α-hetero) is 1. The first-order chi connectivity index (χ1) is 17.9. The molecular formula is C31H38N2O4S. The van der Waals surface area contributed by atoms with Gasteiger partial charge in [0.25, 0.3) is 0 Å². The maximum Gasteiger partial charge on any atom is 0.178 e. The summed E-state index contributed by atoms with van der Waals surface area (Å²) in [5, 5.41) is 24.5. The molecule has 202 valence electrons. The first-order valence-corrected chi connectivity index (χ1v) is 14.8. The molecular weight excluding hydrogens is 496 g/mol. The maximum absolute atomic E-state index is 13.9. The highest BCUT2D eigenvalue weighted by molar-refractivity contribution is 7.99. The molecule has 0 aliphatic heterocycles. The molecule has 0 spiro atoms. The van der Waals surface area contributed by atoms with E-state index in [1.807, 2.05) is 26.0 Å². The number of ketones is 2. The quantitative estimate of drug-likeness (QED) is 0.472. The molecule has 0 bridgehead atoms. The summed E-state index contributed by atoms with van der Waals surface area (Å²) in [6, 6.07) is 4.12. The number of benzene rings is 1. The number of nitrogens with zero attached hydrogens (tertiary/aromatic N) is 1. The summed E-state index contributed by atoms with van der Waals surface area (Å²) in [7, 11) is 0. The van der Waals surface area contributed by atoms with Gasteiger partial charge in [-0.15, -0.1) is 0 Å². The van der Waals surface area contributed by atoms with Crippen molar-refractivity contribution in [1.29, 1.82) is 0 Å². The molecule has 1 heterocycles. The lowest BCUT2D eigenvalue weighted by Crippen LogP contribution is -2.62. The number of carbonyl (C=O) groups is 2. The summed E-state index contributed by atoms with van der Waals surface area (Å²) in [5.74, 6) is 0.0590. The fourth-order valence-electron chi connectivity index (χ4n) is 8.81. The molecule has 7 heteroatoms. The number of imidazole rings is 1. The van der Waals surface area contributed by atoms with Crippen LogP contribution in [-0.4, -0.2) is 49.2 Å². The number of thioether (sulfide) groups is 1. The van der Waals surface area contributed by atoms with Crippen LogP contribution in [0.15, 0.2) is 41.1 Å². The van der Waals surface area contributed by atoms with Crippen molar-refractivity contribution in [1.82, 2.24) is 9.97 Å². The molecule has 8 atom stereocenters. The van der Waals surface area contributed by atoms with Gasteiger partial charge in [0, 0.05) is 16.7 Å². The molecule has 4 aliphatic rings. The highest BCUT2D eigenvalue weighted by atomic mass is 32.2. The SMILES string of the molecule is Cc1cc2nc(SCC(=O)[C@@]3(O)[C@H](C)CC4C5CCC6=CC(=O)C=CC6(C)C5[C@@H](O)CC43C)[nH]c2cc1C. The van der Waals surface area contributed by atoms with Gasteiger partial charge in [0.1, 0.15) is 5.60 Å². The van der Waals surface area contributed by atoms with Gasteiger partial charge >= 0.3 is 0 Å². The number of H-pyrrole nitrogens is 1. The van der Waals surface area contributed by atoms with Crippen molar-refractivity contribution in [3.63, 3.8) is 0 Å². The van der Waals surface area contributed by atoms with E-state index in [4.69, 9.17) is 0 Å². The number of hydrogen-bond acceptors (Lipinski definition) is 6. The third-order valence-corrected chi connectivity index (χ3v) is 11.8. The van der Waals surface area contributed by atoms with Gasteiger partial charge < -0.3 is 15.2 Å². The summed E-state index contributed by atoms with van der Waals surface area (Å²) in [6.45, 7) is 10.3. The number of aromatic nitrogens is 2. The van der Waals surface area contributed by atoms with Crippen molar-refractivity contribution in [3.8, 4) is 0 Å². The van der Waals surface area contributed by atoms with Crippen LogP contribution in [0.5, 0.6) is 0 Å². The van der Waals surface area contributed by atoms with E-state index in [9.17, 15) is 19.8 Å². The summed E-state index contributed by atoms with van der Waals surface area (Å²) >= 11 is 1.34. The van der Waals surface area contributed by atoms with E-state index in [0.29, 0.717) is 11.6 Å². The van der Waals surface area contributed by atoms with Crippen LogP contribution >= 0.6 is 11.8 Å². The molecule has 5 unspecified atom stereocenters. The Balaban J connectivity index is 1.26. The second-order valence-electron chi connectivity index (χ2n) is 12.8. The number of hydrogen-bond donors (Lipinski definition) is 3. The summed E-state index contributed by atoms with van der Waals surface area (Å²) in [5.41, 5.74) is 2.71. The lowest BCUT2D eigenvalue weighted by molar-refractivity contribution is -0.179. The number of carbonyl (C=O) groups excluding carboxylic acids is 2. The molecule has 3 fully saturated rings. The first-order valence-electron chi connectivity index (χ1n) is 13.9. The summed E-state index contributed by atoms with van der Waals surface area (Å²) in [6.07, 6.45) is 7.56. The predicted octanol–water partition coefficient (Wildman–Crippen LogP) is 5.10. The molecule has 0 amide bonds. The number of aliphatic hydroxyl groups is 2. The zero-order valence-electron chi connectivity index (χ0n) is 22.9. The number of allylic oxidation sites excluding steroid dienone is 4. The molecule has 2 aromatic rings. The van der Waals surface area contributed by atoms with E-state index in [0.717, 1.165) is 35.9 Å². The fraction of sp³-hybridized carbons (Fsp3) is 0.581. The second-order valence-corrected chi connectivity index (χ2v) is 13.8. The average Bonchev–Trinajstić information content (AvgIpc) is 3.34. The molecule has 0 saturated heterocycles. The molecule has 3 N–H and O–H groups in total. The predicted molar refractivity (Wildman–Crippen MR) is 149 cm³/mol. The first kappa shape index (κ1) is 26.0. The Labute approximate surface area is 228 Å². The normalized spacial score (nSPS) is 40.0.